The van der Waals surface area contributed by atoms with E-state index >= 15 is 0 Å². The predicted molar refractivity (Wildman–Crippen MR) is 176 cm³/mol. The number of carbonyl (C=O) groups excluding carboxylic acids is 2. The summed E-state index contributed by atoms with van der Waals surface area (Å²) >= 11 is 6.58. The van der Waals surface area contributed by atoms with Crippen LogP contribution in [0.1, 0.15) is 57.9 Å². The van der Waals surface area contributed by atoms with Gasteiger partial charge in [-0.2, -0.15) is 4.98 Å². The zero-order valence-electron chi connectivity index (χ0n) is 25.8. The average molecular weight is 620 g/mol. The van der Waals surface area contributed by atoms with E-state index in [1.54, 1.807) is 36.3 Å². The summed E-state index contributed by atoms with van der Waals surface area (Å²) < 4.78 is 5.88. The Bertz CT molecular complexity index is 1440. The molecule has 0 atom stereocenters. The third-order valence-electron chi connectivity index (χ3n) is 8.42. The minimum Gasteiger partial charge on any atom is -0.492 e. The monoisotopic (exact) mass is 619 g/mol. The number of rotatable bonds is 11. The molecular formula is C33H42ClN7O3. The van der Waals surface area contributed by atoms with Crippen LogP contribution in [0.5, 0.6) is 5.75 Å². The van der Waals surface area contributed by atoms with Crippen LogP contribution in [0.4, 0.5) is 33.6 Å². The Morgan fingerprint density at radius 2 is 1.75 bits per heavy atom. The number of anilines is 5. The van der Waals surface area contributed by atoms with Gasteiger partial charge in [-0.25, -0.2) is 9.78 Å². The standard InChI is InChI=1S/C33H42ClN7O3/c1-4-40(5-2)18-19-44-27-15-12-25(13-16-27)37-32-35-21-24-22-41(33(43)39(3)30(24)38-32)29-20-26(14-17-28(29)34)36-31(42)23-10-8-6-7-9-11-23/h12-17,20-21,23H,4-11,18-19,22H2,1-3H3,(H,36,42)(H,35,37,38). The quantitative estimate of drug-likeness (QED) is 0.221. The van der Waals surface area contributed by atoms with Gasteiger partial charge in [0.25, 0.3) is 0 Å². The highest BCUT2D eigenvalue weighted by molar-refractivity contribution is 6.34. The molecule has 5 rings (SSSR count). The zero-order chi connectivity index (χ0) is 31.1. The number of aromatic nitrogens is 2. The number of fused-ring (bicyclic) bond motifs is 1. The fourth-order valence-electron chi connectivity index (χ4n) is 5.74. The number of hydrogen-bond donors (Lipinski definition) is 2. The van der Waals surface area contributed by atoms with E-state index in [4.69, 9.17) is 16.3 Å². The molecule has 44 heavy (non-hydrogen) atoms. The highest BCUT2D eigenvalue weighted by atomic mass is 35.5. The van der Waals surface area contributed by atoms with Crippen molar-refractivity contribution in [2.75, 3.05) is 53.7 Å². The lowest BCUT2D eigenvalue weighted by atomic mass is 9.99. The molecule has 1 aliphatic carbocycles. The Morgan fingerprint density at radius 1 is 1.05 bits per heavy atom. The summed E-state index contributed by atoms with van der Waals surface area (Å²) in [6.45, 7) is 8.06. The number of benzene rings is 2. The van der Waals surface area contributed by atoms with Crippen molar-refractivity contribution in [2.24, 2.45) is 5.92 Å². The van der Waals surface area contributed by atoms with Crippen LogP contribution in [0.15, 0.2) is 48.7 Å². The maximum absolute atomic E-state index is 13.5. The van der Waals surface area contributed by atoms with Gasteiger partial charge in [0.2, 0.25) is 11.9 Å². The molecule has 0 bridgehead atoms. The molecule has 0 saturated heterocycles. The normalized spacial score (nSPS) is 15.6. The molecule has 2 aromatic carbocycles. The fraction of sp³-hybridized carbons (Fsp3) is 0.455. The topological polar surface area (TPSA) is 103 Å². The number of urea groups is 1. The van der Waals surface area contributed by atoms with Crippen molar-refractivity contribution in [3.05, 3.63) is 59.2 Å². The molecule has 1 saturated carbocycles. The maximum Gasteiger partial charge on any atom is 0.330 e. The summed E-state index contributed by atoms with van der Waals surface area (Å²) in [7, 11) is 1.68. The van der Waals surface area contributed by atoms with Gasteiger partial charge < -0.3 is 20.3 Å². The molecule has 1 aliphatic heterocycles. The molecule has 3 aromatic rings. The second-order valence-electron chi connectivity index (χ2n) is 11.3. The second kappa shape index (κ2) is 14.7. The van der Waals surface area contributed by atoms with E-state index in [-0.39, 0.29) is 24.4 Å². The zero-order valence-corrected chi connectivity index (χ0v) is 26.6. The van der Waals surface area contributed by atoms with Gasteiger partial charge in [-0.3, -0.25) is 14.6 Å². The van der Waals surface area contributed by atoms with Crippen LogP contribution in [-0.2, 0) is 11.3 Å². The van der Waals surface area contributed by atoms with E-state index in [0.717, 1.165) is 62.3 Å². The van der Waals surface area contributed by atoms with E-state index in [0.29, 0.717) is 34.8 Å². The third-order valence-corrected chi connectivity index (χ3v) is 8.74. The minimum absolute atomic E-state index is 0.0140. The Labute approximate surface area is 264 Å². The summed E-state index contributed by atoms with van der Waals surface area (Å²) in [5.74, 6) is 1.74. The van der Waals surface area contributed by atoms with Crippen molar-refractivity contribution >= 4 is 52.4 Å². The minimum atomic E-state index is -0.275. The van der Waals surface area contributed by atoms with Gasteiger partial charge in [0.1, 0.15) is 18.2 Å². The highest BCUT2D eigenvalue weighted by Gasteiger charge is 2.32. The molecular weight excluding hydrogens is 578 g/mol. The second-order valence-corrected chi connectivity index (χ2v) is 11.7. The summed E-state index contributed by atoms with van der Waals surface area (Å²) in [5, 5.41) is 6.69. The van der Waals surface area contributed by atoms with Gasteiger partial charge in [-0.15, -0.1) is 0 Å². The van der Waals surface area contributed by atoms with Gasteiger partial charge in [0.05, 0.1) is 17.3 Å². The summed E-state index contributed by atoms with van der Waals surface area (Å²) in [6.07, 6.45) is 8.06. The summed E-state index contributed by atoms with van der Waals surface area (Å²) in [6, 6.07) is 12.6. The van der Waals surface area contributed by atoms with Crippen LogP contribution in [0.3, 0.4) is 0 Å². The molecule has 10 nitrogen and oxygen atoms in total. The molecule has 11 heteroatoms. The summed E-state index contributed by atoms with van der Waals surface area (Å²) in [5.41, 5.74) is 2.73. The molecule has 0 spiro atoms. The van der Waals surface area contributed by atoms with Crippen molar-refractivity contribution < 1.29 is 14.3 Å². The lowest BCUT2D eigenvalue weighted by Gasteiger charge is -2.34. The van der Waals surface area contributed by atoms with Gasteiger partial charge in [-0.05, 0) is 68.4 Å². The number of hydrogen-bond acceptors (Lipinski definition) is 7. The third kappa shape index (κ3) is 7.60. The maximum atomic E-state index is 13.5. The van der Waals surface area contributed by atoms with Crippen molar-refractivity contribution in [1.82, 2.24) is 14.9 Å². The van der Waals surface area contributed by atoms with E-state index in [2.05, 4.69) is 39.3 Å². The molecule has 2 heterocycles. The lowest BCUT2D eigenvalue weighted by molar-refractivity contribution is -0.120. The molecule has 0 radical (unpaired) electrons. The van der Waals surface area contributed by atoms with E-state index < -0.39 is 0 Å². The molecule has 1 aromatic heterocycles. The van der Waals surface area contributed by atoms with Crippen LogP contribution in [0, 0.1) is 5.92 Å². The Balaban J connectivity index is 1.25. The molecule has 2 N–H and O–H groups in total. The number of nitrogens with one attached hydrogen (secondary N) is 2. The van der Waals surface area contributed by atoms with Crippen LogP contribution >= 0.6 is 11.6 Å². The van der Waals surface area contributed by atoms with Gasteiger partial charge in [0.15, 0.2) is 0 Å². The first-order chi connectivity index (χ1) is 21.4. The smallest absolute Gasteiger partial charge is 0.330 e. The van der Waals surface area contributed by atoms with Gasteiger partial charge in [-0.1, -0.05) is 51.1 Å². The Hall–Kier alpha value is -3.89. The van der Waals surface area contributed by atoms with Crippen LogP contribution < -0.4 is 25.2 Å². The molecule has 234 valence electrons. The lowest BCUT2D eigenvalue weighted by Crippen LogP contribution is -2.46. The van der Waals surface area contributed by atoms with Gasteiger partial charge in [0, 0.05) is 42.6 Å². The first-order valence-electron chi connectivity index (χ1n) is 15.6. The van der Waals surface area contributed by atoms with Crippen LogP contribution in [0.2, 0.25) is 5.02 Å². The highest BCUT2D eigenvalue weighted by Crippen LogP contribution is 2.36. The van der Waals surface area contributed by atoms with Crippen molar-refractivity contribution in [2.45, 2.75) is 58.9 Å². The van der Waals surface area contributed by atoms with Crippen molar-refractivity contribution in [3.8, 4) is 5.75 Å². The van der Waals surface area contributed by atoms with E-state index in [1.165, 1.54) is 17.7 Å². The largest absolute Gasteiger partial charge is 0.492 e. The number of carbonyl (C=O) groups is 2. The van der Waals surface area contributed by atoms with Crippen molar-refractivity contribution in [3.63, 3.8) is 0 Å². The summed E-state index contributed by atoms with van der Waals surface area (Å²) in [4.78, 5) is 41.1. The van der Waals surface area contributed by atoms with Gasteiger partial charge >= 0.3 is 6.03 Å². The van der Waals surface area contributed by atoms with Crippen LogP contribution in [-0.4, -0.2) is 60.1 Å². The number of ether oxygens (including phenoxy) is 1. The molecule has 3 amide bonds. The average Bonchev–Trinajstić information content (AvgIpc) is 3.33. The fourth-order valence-corrected chi connectivity index (χ4v) is 5.96. The van der Waals surface area contributed by atoms with E-state index in [1.807, 2.05) is 24.3 Å². The number of likely N-dealkylation sites (N-methyl/N-ethyl adjacent to an activating group) is 1. The Kier molecular flexibility index (Phi) is 10.6. The molecule has 1 fully saturated rings. The first kappa shape index (κ1) is 31.5. The number of halogens is 1. The Morgan fingerprint density at radius 3 is 2.45 bits per heavy atom. The van der Waals surface area contributed by atoms with E-state index in [9.17, 15) is 9.59 Å². The molecule has 2 aliphatic rings. The SMILES string of the molecule is CCN(CC)CCOc1ccc(Nc2ncc3c(n2)N(C)C(=O)N(c2cc(NC(=O)C4CCCCCC4)ccc2Cl)C3)cc1. The van der Waals surface area contributed by atoms with Crippen molar-refractivity contribution in [1.29, 1.82) is 0 Å². The van der Waals surface area contributed by atoms with Crippen LogP contribution in [0.25, 0.3) is 0 Å². The number of amides is 3. The predicted octanol–water partition coefficient (Wildman–Crippen LogP) is 7.08. The molecule has 0 unspecified atom stereocenters. The number of nitrogens with zero attached hydrogens (tertiary/aromatic N) is 5. The first-order valence-corrected chi connectivity index (χ1v) is 16.0.